The van der Waals surface area contributed by atoms with Gasteiger partial charge in [-0.15, -0.1) is 11.3 Å². The Morgan fingerprint density at radius 1 is 1.21 bits per heavy atom. The third kappa shape index (κ3) is 2.89. The molecule has 19 heavy (non-hydrogen) atoms. The number of hydrogen-bond donors (Lipinski definition) is 2. The van der Waals surface area contributed by atoms with E-state index in [9.17, 15) is 0 Å². The first-order valence-corrected chi connectivity index (χ1v) is 6.80. The van der Waals surface area contributed by atoms with Crippen molar-refractivity contribution < 1.29 is 9.47 Å². The SMILES string of the molecule is COc1csc(C(NN)c2cc(C)ccc2OC)c1. The van der Waals surface area contributed by atoms with Gasteiger partial charge in [-0.2, -0.15) is 0 Å². The van der Waals surface area contributed by atoms with Gasteiger partial charge in [0.1, 0.15) is 11.5 Å². The Balaban J connectivity index is 2.43. The quantitative estimate of drug-likeness (QED) is 0.652. The van der Waals surface area contributed by atoms with E-state index in [4.69, 9.17) is 15.3 Å². The molecule has 0 aliphatic carbocycles. The zero-order valence-electron chi connectivity index (χ0n) is 11.3. The summed E-state index contributed by atoms with van der Waals surface area (Å²) in [6, 6.07) is 7.93. The molecule has 0 spiro atoms. The van der Waals surface area contributed by atoms with Crippen LogP contribution in [0.1, 0.15) is 22.0 Å². The fraction of sp³-hybridized carbons (Fsp3) is 0.286. The predicted molar refractivity (Wildman–Crippen MR) is 77.8 cm³/mol. The molecule has 1 unspecified atom stereocenters. The molecular weight excluding hydrogens is 260 g/mol. The molecule has 0 aliphatic heterocycles. The number of nitrogens with one attached hydrogen (secondary N) is 1. The summed E-state index contributed by atoms with van der Waals surface area (Å²) in [5.74, 6) is 7.38. The van der Waals surface area contributed by atoms with Crippen LogP contribution in [-0.4, -0.2) is 14.2 Å². The van der Waals surface area contributed by atoms with Gasteiger partial charge in [-0.1, -0.05) is 17.7 Å². The monoisotopic (exact) mass is 278 g/mol. The summed E-state index contributed by atoms with van der Waals surface area (Å²) in [7, 11) is 3.32. The molecule has 1 atom stereocenters. The predicted octanol–water partition coefficient (Wildman–Crippen LogP) is 2.63. The Kier molecular flexibility index (Phi) is 4.42. The van der Waals surface area contributed by atoms with Crippen LogP contribution in [0.3, 0.4) is 0 Å². The van der Waals surface area contributed by atoms with Gasteiger partial charge in [-0.25, -0.2) is 5.43 Å². The number of ether oxygens (including phenoxy) is 2. The molecule has 0 amide bonds. The summed E-state index contributed by atoms with van der Waals surface area (Å²) in [5.41, 5.74) is 5.04. The van der Waals surface area contributed by atoms with E-state index in [2.05, 4.69) is 11.5 Å². The lowest BCUT2D eigenvalue weighted by molar-refractivity contribution is 0.404. The fourth-order valence-corrected chi connectivity index (χ4v) is 2.93. The highest BCUT2D eigenvalue weighted by Crippen LogP contribution is 2.35. The van der Waals surface area contributed by atoms with E-state index in [0.29, 0.717) is 0 Å². The van der Waals surface area contributed by atoms with Gasteiger partial charge in [0.05, 0.1) is 20.3 Å². The number of aryl methyl sites for hydroxylation is 1. The van der Waals surface area contributed by atoms with Crippen LogP contribution in [0.15, 0.2) is 29.6 Å². The van der Waals surface area contributed by atoms with Crippen molar-refractivity contribution in [2.24, 2.45) is 5.84 Å². The first-order valence-electron chi connectivity index (χ1n) is 5.92. The summed E-state index contributed by atoms with van der Waals surface area (Å²) < 4.78 is 10.6. The van der Waals surface area contributed by atoms with Gasteiger partial charge in [0, 0.05) is 15.8 Å². The van der Waals surface area contributed by atoms with Crippen molar-refractivity contribution in [2.45, 2.75) is 13.0 Å². The average molecular weight is 278 g/mol. The maximum absolute atomic E-state index is 5.72. The van der Waals surface area contributed by atoms with Crippen molar-refractivity contribution in [1.29, 1.82) is 0 Å². The highest BCUT2D eigenvalue weighted by Gasteiger charge is 2.19. The Morgan fingerprint density at radius 3 is 2.58 bits per heavy atom. The largest absolute Gasteiger partial charge is 0.496 e. The van der Waals surface area contributed by atoms with Gasteiger partial charge in [0.15, 0.2) is 0 Å². The van der Waals surface area contributed by atoms with Crippen molar-refractivity contribution in [3.05, 3.63) is 45.6 Å². The van der Waals surface area contributed by atoms with E-state index in [0.717, 1.165) is 21.9 Å². The van der Waals surface area contributed by atoms with Crippen LogP contribution in [0, 0.1) is 6.92 Å². The summed E-state index contributed by atoms with van der Waals surface area (Å²) in [6.07, 6.45) is 0. The molecule has 0 fully saturated rings. The molecular formula is C14H18N2O2S. The number of methoxy groups -OCH3 is 2. The number of rotatable bonds is 5. The van der Waals surface area contributed by atoms with Gasteiger partial charge >= 0.3 is 0 Å². The van der Waals surface area contributed by atoms with E-state index in [1.54, 1.807) is 25.6 Å². The van der Waals surface area contributed by atoms with Crippen molar-refractivity contribution in [3.63, 3.8) is 0 Å². The molecule has 4 nitrogen and oxygen atoms in total. The molecule has 2 aromatic rings. The van der Waals surface area contributed by atoms with Crippen molar-refractivity contribution in [3.8, 4) is 11.5 Å². The summed E-state index contributed by atoms with van der Waals surface area (Å²) >= 11 is 1.60. The number of nitrogens with two attached hydrogens (primary N) is 1. The van der Waals surface area contributed by atoms with Gasteiger partial charge in [-0.3, -0.25) is 5.84 Å². The molecule has 3 N–H and O–H groups in total. The Hall–Kier alpha value is -1.56. The van der Waals surface area contributed by atoms with Gasteiger partial charge in [-0.05, 0) is 19.1 Å². The second-order valence-corrected chi connectivity index (χ2v) is 5.18. The molecule has 102 valence electrons. The number of hydrazine groups is 1. The molecule has 0 saturated heterocycles. The number of hydrogen-bond acceptors (Lipinski definition) is 5. The molecule has 0 aliphatic rings. The molecule has 1 aromatic heterocycles. The minimum absolute atomic E-state index is 0.108. The lowest BCUT2D eigenvalue weighted by Gasteiger charge is -2.18. The van der Waals surface area contributed by atoms with Crippen LogP contribution in [-0.2, 0) is 0 Å². The number of thiophene rings is 1. The first kappa shape index (κ1) is 13.9. The zero-order valence-corrected chi connectivity index (χ0v) is 12.1. The third-order valence-electron chi connectivity index (χ3n) is 2.98. The molecule has 2 rings (SSSR count). The summed E-state index contributed by atoms with van der Waals surface area (Å²) in [6.45, 7) is 2.05. The summed E-state index contributed by atoms with van der Waals surface area (Å²) in [5, 5.41) is 1.96. The highest BCUT2D eigenvalue weighted by atomic mass is 32.1. The fourth-order valence-electron chi connectivity index (χ4n) is 2.00. The highest BCUT2D eigenvalue weighted by molar-refractivity contribution is 7.10. The van der Waals surface area contributed by atoms with Crippen molar-refractivity contribution >= 4 is 11.3 Å². The minimum Gasteiger partial charge on any atom is -0.496 e. The van der Waals surface area contributed by atoms with E-state index < -0.39 is 0 Å². The van der Waals surface area contributed by atoms with Gasteiger partial charge in [0.2, 0.25) is 0 Å². The van der Waals surface area contributed by atoms with E-state index in [1.165, 1.54) is 5.56 Å². The van der Waals surface area contributed by atoms with Crippen molar-refractivity contribution in [1.82, 2.24) is 5.43 Å². The van der Waals surface area contributed by atoms with E-state index in [-0.39, 0.29) is 6.04 Å². The van der Waals surface area contributed by atoms with Crippen LogP contribution in [0.5, 0.6) is 11.5 Å². The molecule has 1 heterocycles. The van der Waals surface area contributed by atoms with E-state index >= 15 is 0 Å². The standard InChI is InChI=1S/C14H18N2O2S/c1-9-4-5-12(18-3)11(6-9)14(16-15)13-7-10(17-2)8-19-13/h4-8,14,16H,15H2,1-3H3. The number of benzene rings is 1. The second kappa shape index (κ2) is 6.06. The molecule has 0 radical (unpaired) electrons. The molecule has 1 aromatic carbocycles. The van der Waals surface area contributed by atoms with Crippen LogP contribution in [0.4, 0.5) is 0 Å². The minimum atomic E-state index is -0.108. The van der Waals surface area contributed by atoms with Gasteiger partial charge in [0.25, 0.3) is 0 Å². The van der Waals surface area contributed by atoms with Crippen LogP contribution in [0.25, 0.3) is 0 Å². The van der Waals surface area contributed by atoms with Gasteiger partial charge < -0.3 is 9.47 Å². The topological polar surface area (TPSA) is 56.5 Å². The first-order chi connectivity index (χ1) is 9.19. The van der Waals surface area contributed by atoms with E-state index in [1.807, 2.05) is 30.5 Å². The maximum Gasteiger partial charge on any atom is 0.129 e. The smallest absolute Gasteiger partial charge is 0.129 e. The maximum atomic E-state index is 5.72. The second-order valence-electron chi connectivity index (χ2n) is 4.23. The molecule has 0 bridgehead atoms. The molecule has 0 saturated carbocycles. The lowest BCUT2D eigenvalue weighted by Crippen LogP contribution is -2.28. The summed E-state index contributed by atoms with van der Waals surface area (Å²) in [4.78, 5) is 1.09. The third-order valence-corrected chi connectivity index (χ3v) is 3.95. The Morgan fingerprint density at radius 2 is 2.00 bits per heavy atom. The molecule has 5 heteroatoms. The Bertz CT molecular complexity index is 554. The van der Waals surface area contributed by atoms with Crippen molar-refractivity contribution in [2.75, 3.05) is 14.2 Å². The lowest BCUT2D eigenvalue weighted by atomic mass is 10.0. The average Bonchev–Trinajstić information content (AvgIpc) is 2.89. The van der Waals surface area contributed by atoms with Crippen LogP contribution in [0.2, 0.25) is 0 Å². The van der Waals surface area contributed by atoms with Crippen LogP contribution >= 0.6 is 11.3 Å². The Labute approximate surface area is 117 Å². The normalized spacial score (nSPS) is 12.2. The zero-order chi connectivity index (χ0) is 13.8. The van der Waals surface area contributed by atoms with Crippen LogP contribution < -0.4 is 20.7 Å².